The van der Waals surface area contributed by atoms with E-state index in [9.17, 15) is 9.46 Å². The molecule has 1 saturated carbocycles. The van der Waals surface area contributed by atoms with Crippen LogP contribution in [-0.2, 0) is 23.1 Å². The molecule has 2 rings (SSSR count). The Morgan fingerprint density at radius 3 is 1.68 bits per heavy atom. The summed E-state index contributed by atoms with van der Waals surface area (Å²) in [5, 5.41) is 0. The molecule has 7 nitrogen and oxygen atoms in total. The first-order chi connectivity index (χ1) is 18.4. The van der Waals surface area contributed by atoms with Gasteiger partial charge >= 0.3 is 7.82 Å². The van der Waals surface area contributed by atoms with E-state index in [0.29, 0.717) is 12.7 Å². The monoisotopic (exact) mass is 562 g/mol. The number of quaternary nitrogens is 1. The maximum atomic E-state index is 12.2. The molecule has 1 heterocycles. The topological polar surface area (TPSA) is 74.2 Å². The van der Waals surface area contributed by atoms with Gasteiger partial charge < -0.3 is 18.9 Å². The van der Waals surface area contributed by atoms with Gasteiger partial charge in [0.25, 0.3) is 0 Å². The van der Waals surface area contributed by atoms with Crippen molar-refractivity contribution in [3.63, 3.8) is 0 Å². The summed E-state index contributed by atoms with van der Waals surface area (Å²) in [6.07, 6.45) is 24.7. The van der Waals surface area contributed by atoms with E-state index in [1.54, 1.807) is 0 Å². The summed E-state index contributed by atoms with van der Waals surface area (Å²) in [7, 11) is -1.82. The van der Waals surface area contributed by atoms with Crippen molar-refractivity contribution in [1.29, 1.82) is 0 Å². The lowest BCUT2D eigenvalue weighted by Crippen LogP contribution is -2.49. The molecule has 1 N–H and O–H groups in total. The molecule has 2 aliphatic rings. The number of ether oxygens (including phenoxy) is 2. The minimum Gasteiger partial charge on any atom is -0.378 e. The lowest BCUT2D eigenvalue weighted by atomic mass is 9.95. The largest absolute Gasteiger partial charge is 0.472 e. The van der Waals surface area contributed by atoms with Gasteiger partial charge in [-0.2, -0.15) is 0 Å². The van der Waals surface area contributed by atoms with E-state index >= 15 is 0 Å². The van der Waals surface area contributed by atoms with Crippen LogP contribution in [-0.4, -0.2) is 74.7 Å². The average Bonchev–Trinajstić information content (AvgIpc) is 2.90. The van der Waals surface area contributed by atoms with Gasteiger partial charge in [-0.3, -0.25) is 9.05 Å². The maximum Gasteiger partial charge on any atom is 0.472 e. The van der Waals surface area contributed by atoms with Crippen molar-refractivity contribution in [2.75, 3.05) is 53.1 Å². The number of piperidine rings is 1. The molecule has 2 fully saturated rings. The molecule has 1 aliphatic carbocycles. The van der Waals surface area contributed by atoms with Crippen LogP contribution in [0.25, 0.3) is 0 Å². The third-order valence-electron chi connectivity index (χ3n) is 8.45. The summed E-state index contributed by atoms with van der Waals surface area (Å²) in [5.41, 5.74) is 0. The van der Waals surface area contributed by atoms with Crippen molar-refractivity contribution in [3.05, 3.63) is 0 Å². The maximum absolute atomic E-state index is 12.2. The Hall–Kier alpha value is -0.0100. The number of phosphoric ester groups is 1. The molecule has 1 aliphatic heterocycles. The number of rotatable bonds is 23. The first kappa shape index (κ1) is 34.2. The lowest BCUT2D eigenvalue weighted by molar-refractivity contribution is -0.914. The summed E-state index contributed by atoms with van der Waals surface area (Å²) >= 11 is 0. The zero-order valence-corrected chi connectivity index (χ0v) is 25.8. The fraction of sp³-hybridized carbons (Fsp3) is 1.00. The third kappa shape index (κ3) is 16.9. The molecular weight excluding hydrogens is 501 g/mol. The second-order valence-corrected chi connectivity index (χ2v) is 13.5. The minimum atomic E-state index is -4.01. The van der Waals surface area contributed by atoms with Gasteiger partial charge in [-0.15, -0.1) is 0 Å². The molecule has 8 heteroatoms. The summed E-state index contributed by atoms with van der Waals surface area (Å²) in [6.45, 7) is 6.77. The number of likely N-dealkylation sites (tertiary alicyclic amines) is 1. The van der Waals surface area contributed by atoms with Crippen LogP contribution in [0.15, 0.2) is 0 Å². The Bertz CT molecular complexity index is 608. The number of likely N-dealkylation sites (N-methyl/N-ethyl adjacent to an activating group) is 1. The third-order valence-corrected chi connectivity index (χ3v) is 9.46. The second-order valence-electron chi connectivity index (χ2n) is 12.0. The molecule has 0 bridgehead atoms. The molecule has 0 radical (unpaired) electrons. The van der Waals surface area contributed by atoms with Gasteiger partial charge in [0.2, 0.25) is 0 Å². The normalized spacial score (nSPS) is 23.3. The van der Waals surface area contributed by atoms with Gasteiger partial charge in [-0.05, 0) is 51.4 Å². The van der Waals surface area contributed by atoms with E-state index in [1.807, 2.05) is 0 Å². The Kier molecular flexibility index (Phi) is 18.7. The summed E-state index contributed by atoms with van der Waals surface area (Å²) in [6, 6.07) is 0. The summed E-state index contributed by atoms with van der Waals surface area (Å²) in [4.78, 5) is 9.95. The van der Waals surface area contributed by atoms with Crippen LogP contribution in [0.3, 0.4) is 0 Å². The zero-order valence-electron chi connectivity index (χ0n) is 24.9. The predicted molar refractivity (Wildman–Crippen MR) is 155 cm³/mol. The molecule has 1 unspecified atom stereocenters. The first-order valence-electron chi connectivity index (χ1n) is 16.1. The van der Waals surface area contributed by atoms with Crippen LogP contribution < -0.4 is 0 Å². The van der Waals surface area contributed by atoms with E-state index in [2.05, 4.69) is 14.0 Å². The van der Waals surface area contributed by atoms with Gasteiger partial charge in [0.1, 0.15) is 13.2 Å². The van der Waals surface area contributed by atoms with Gasteiger partial charge in [0.15, 0.2) is 0 Å². The summed E-state index contributed by atoms with van der Waals surface area (Å²) < 4.78 is 35.4. The van der Waals surface area contributed by atoms with Crippen molar-refractivity contribution in [1.82, 2.24) is 0 Å². The molecule has 0 amide bonds. The van der Waals surface area contributed by atoms with E-state index in [4.69, 9.17) is 18.5 Å². The van der Waals surface area contributed by atoms with Gasteiger partial charge in [-0.25, -0.2) is 4.57 Å². The molecule has 0 aromatic heterocycles. The van der Waals surface area contributed by atoms with Crippen LogP contribution >= 0.6 is 7.82 Å². The Morgan fingerprint density at radius 1 is 0.658 bits per heavy atom. The van der Waals surface area contributed by atoms with Crippen molar-refractivity contribution >= 4 is 7.82 Å². The molecule has 226 valence electrons. The second kappa shape index (κ2) is 20.8. The van der Waals surface area contributed by atoms with Gasteiger partial charge in [0.05, 0.1) is 45.6 Å². The highest BCUT2D eigenvalue weighted by atomic mass is 31.2. The molecule has 1 atom stereocenters. The Labute approximate surface area is 234 Å². The highest BCUT2D eigenvalue weighted by molar-refractivity contribution is 7.47. The first-order valence-corrected chi connectivity index (χ1v) is 17.6. The highest BCUT2D eigenvalue weighted by Gasteiger charge is 2.28. The van der Waals surface area contributed by atoms with E-state index < -0.39 is 7.82 Å². The van der Waals surface area contributed by atoms with Crippen molar-refractivity contribution in [3.8, 4) is 0 Å². The van der Waals surface area contributed by atoms with Crippen molar-refractivity contribution < 1.29 is 32.5 Å². The van der Waals surface area contributed by atoms with E-state index in [1.165, 1.54) is 96.3 Å². The predicted octanol–water partition coefficient (Wildman–Crippen LogP) is 7.80. The highest BCUT2D eigenvalue weighted by Crippen LogP contribution is 2.43. The van der Waals surface area contributed by atoms with Gasteiger partial charge in [-0.1, -0.05) is 77.6 Å². The molecule has 0 aromatic rings. The van der Waals surface area contributed by atoms with Crippen molar-refractivity contribution in [2.24, 2.45) is 0 Å². The number of hydrogen-bond acceptors (Lipinski definition) is 5. The van der Waals surface area contributed by atoms with Crippen LogP contribution in [0.4, 0.5) is 0 Å². The quantitative estimate of drug-likeness (QED) is 0.0778. The molecule has 0 aromatic carbocycles. The lowest BCUT2D eigenvalue weighted by Gasteiger charge is -2.37. The molecule has 1 saturated heterocycles. The fourth-order valence-corrected chi connectivity index (χ4v) is 6.53. The molecule has 38 heavy (non-hydrogen) atoms. The van der Waals surface area contributed by atoms with E-state index in [0.717, 1.165) is 56.4 Å². The standard InChI is InChI=1S/C30H60NO6P/c1-3-4-5-6-7-8-9-10-11-12-13-17-25-34-29-18-20-30(21-19-29)35-27-28-37-38(32,33)36-26-24-31(2)22-15-14-16-23-31/h29-30H,3-28H2,1-2H3/p+1. The SMILES string of the molecule is CCCCCCCCCCCCCCOC1CCC(OCCOP(=O)(O)OCC[N+]2(C)CCCCC2)CC1. The number of hydrogen-bond donors (Lipinski definition) is 1. The summed E-state index contributed by atoms with van der Waals surface area (Å²) in [5.74, 6) is 0. The Balaban J connectivity index is 1.36. The van der Waals surface area contributed by atoms with Crippen molar-refractivity contribution in [2.45, 2.75) is 141 Å². The van der Waals surface area contributed by atoms with Crippen LogP contribution in [0.1, 0.15) is 129 Å². The average molecular weight is 563 g/mol. The Morgan fingerprint density at radius 2 is 1.13 bits per heavy atom. The zero-order chi connectivity index (χ0) is 27.4. The minimum absolute atomic E-state index is 0.0787. The fourth-order valence-electron chi connectivity index (χ4n) is 5.84. The van der Waals surface area contributed by atoms with E-state index in [-0.39, 0.29) is 19.3 Å². The van der Waals surface area contributed by atoms with Crippen LogP contribution in [0.2, 0.25) is 0 Å². The van der Waals surface area contributed by atoms with Gasteiger partial charge in [0, 0.05) is 6.61 Å². The molecule has 0 spiro atoms. The number of nitrogens with zero attached hydrogens (tertiary/aromatic N) is 1. The van der Waals surface area contributed by atoms with Crippen LogP contribution in [0, 0.1) is 0 Å². The molecular formula is C30H61NO6P+. The van der Waals surface area contributed by atoms with Crippen LogP contribution in [0.5, 0.6) is 0 Å². The number of unbranched alkanes of at least 4 members (excludes halogenated alkanes) is 11. The smallest absolute Gasteiger partial charge is 0.378 e. The number of phosphoric acid groups is 1.